The van der Waals surface area contributed by atoms with E-state index in [1.165, 1.54) is 31.4 Å². The summed E-state index contributed by atoms with van der Waals surface area (Å²) in [4.78, 5) is 4.77. The van der Waals surface area contributed by atoms with Gasteiger partial charge in [-0.2, -0.15) is 9.61 Å². The summed E-state index contributed by atoms with van der Waals surface area (Å²) < 4.78 is 1.88. The molecular weight excluding hydrogens is 224 g/mol. The highest BCUT2D eigenvalue weighted by Gasteiger charge is 2.17. The highest BCUT2D eigenvalue weighted by atomic mass is 15.3. The van der Waals surface area contributed by atoms with Crippen molar-refractivity contribution in [2.45, 2.75) is 39.0 Å². The van der Waals surface area contributed by atoms with Gasteiger partial charge < -0.3 is 5.32 Å². The first kappa shape index (κ1) is 11.5. The van der Waals surface area contributed by atoms with E-state index in [2.05, 4.69) is 23.4 Å². The summed E-state index contributed by atoms with van der Waals surface area (Å²) in [5.74, 6) is 1.86. The van der Waals surface area contributed by atoms with Crippen molar-refractivity contribution in [3.8, 4) is 0 Å². The first-order valence-corrected chi connectivity index (χ1v) is 6.80. The van der Waals surface area contributed by atoms with E-state index in [9.17, 15) is 0 Å². The third-order valence-corrected chi connectivity index (χ3v) is 3.93. The van der Waals surface area contributed by atoms with Crippen LogP contribution in [0.5, 0.6) is 0 Å². The highest BCUT2D eigenvalue weighted by Crippen LogP contribution is 2.28. The number of fused-ring (bicyclic) bond motifs is 1. The summed E-state index contributed by atoms with van der Waals surface area (Å²) in [6.07, 6.45) is 8.48. The zero-order valence-corrected chi connectivity index (χ0v) is 11.1. The van der Waals surface area contributed by atoms with Crippen LogP contribution in [-0.4, -0.2) is 21.6 Å². The molecular formula is C14H20N4. The van der Waals surface area contributed by atoms with E-state index in [0.29, 0.717) is 0 Å². The van der Waals surface area contributed by atoms with Crippen molar-refractivity contribution in [1.82, 2.24) is 14.6 Å². The fourth-order valence-corrected chi connectivity index (χ4v) is 2.92. The quantitative estimate of drug-likeness (QED) is 0.902. The van der Waals surface area contributed by atoms with E-state index in [1.807, 2.05) is 17.8 Å². The van der Waals surface area contributed by atoms with Crippen LogP contribution in [0, 0.1) is 12.8 Å². The highest BCUT2D eigenvalue weighted by molar-refractivity contribution is 5.53. The Morgan fingerprint density at radius 1 is 1.39 bits per heavy atom. The van der Waals surface area contributed by atoms with E-state index < -0.39 is 0 Å². The molecule has 0 atom stereocenters. The molecule has 0 amide bonds. The molecule has 2 aromatic rings. The maximum absolute atomic E-state index is 4.77. The number of nitrogens with zero attached hydrogens (tertiary/aromatic N) is 3. The lowest BCUT2D eigenvalue weighted by atomic mass is 10.0. The molecule has 0 saturated heterocycles. The van der Waals surface area contributed by atoms with E-state index in [-0.39, 0.29) is 0 Å². The van der Waals surface area contributed by atoms with Crippen molar-refractivity contribution in [2.24, 2.45) is 5.92 Å². The Hall–Kier alpha value is -1.58. The summed E-state index contributed by atoms with van der Waals surface area (Å²) in [7, 11) is 1.94. The van der Waals surface area contributed by atoms with Crippen LogP contribution < -0.4 is 5.32 Å². The molecule has 2 aromatic heterocycles. The first-order chi connectivity index (χ1) is 8.78. The van der Waals surface area contributed by atoms with E-state index >= 15 is 0 Å². The molecule has 1 N–H and O–H groups in total. The first-order valence-electron chi connectivity index (χ1n) is 6.80. The SMILES string of the molecule is CNc1cc(CC2CCCC2)nc2c(C)cnn12. The number of hydrogen-bond donors (Lipinski definition) is 1. The molecule has 1 aliphatic carbocycles. The second-order valence-electron chi connectivity index (χ2n) is 5.30. The molecule has 0 bridgehead atoms. The number of nitrogens with one attached hydrogen (secondary N) is 1. The van der Waals surface area contributed by atoms with Crippen molar-refractivity contribution < 1.29 is 0 Å². The molecule has 0 aliphatic heterocycles. The van der Waals surface area contributed by atoms with Gasteiger partial charge in [-0.25, -0.2) is 4.98 Å². The van der Waals surface area contributed by atoms with Crippen LogP contribution in [0.2, 0.25) is 0 Å². The van der Waals surface area contributed by atoms with Gasteiger partial charge in [0.05, 0.1) is 6.20 Å². The van der Waals surface area contributed by atoms with Gasteiger partial charge in [0.1, 0.15) is 5.82 Å². The molecule has 0 aromatic carbocycles. The molecule has 0 radical (unpaired) electrons. The van der Waals surface area contributed by atoms with Gasteiger partial charge in [-0.05, 0) is 19.3 Å². The van der Waals surface area contributed by atoms with E-state index in [0.717, 1.165) is 29.4 Å². The second kappa shape index (κ2) is 4.59. The fraction of sp³-hybridized carbons (Fsp3) is 0.571. The van der Waals surface area contributed by atoms with Crippen LogP contribution in [0.15, 0.2) is 12.3 Å². The minimum Gasteiger partial charge on any atom is -0.373 e. The minimum absolute atomic E-state index is 0.827. The van der Waals surface area contributed by atoms with Gasteiger partial charge >= 0.3 is 0 Å². The van der Waals surface area contributed by atoms with Gasteiger partial charge in [0.15, 0.2) is 5.65 Å². The third kappa shape index (κ3) is 1.96. The van der Waals surface area contributed by atoms with E-state index in [4.69, 9.17) is 4.98 Å². The van der Waals surface area contributed by atoms with Crippen LogP contribution in [0.3, 0.4) is 0 Å². The standard InChI is InChI=1S/C14H20N4/c1-10-9-16-18-13(15-2)8-12(17-14(10)18)7-11-5-3-4-6-11/h8-9,11,15H,3-7H2,1-2H3. The summed E-state index contributed by atoms with van der Waals surface area (Å²) in [6, 6.07) is 2.14. The van der Waals surface area contributed by atoms with Gasteiger partial charge in [0, 0.05) is 24.4 Å². The molecule has 4 nitrogen and oxygen atoms in total. The predicted molar refractivity (Wildman–Crippen MR) is 72.9 cm³/mol. The Bertz CT molecular complexity index is 552. The topological polar surface area (TPSA) is 42.2 Å². The lowest BCUT2D eigenvalue weighted by Gasteiger charge is -2.11. The Labute approximate surface area is 107 Å². The maximum Gasteiger partial charge on any atom is 0.160 e. The summed E-state index contributed by atoms with van der Waals surface area (Å²) in [6.45, 7) is 2.06. The maximum atomic E-state index is 4.77. The second-order valence-corrected chi connectivity index (χ2v) is 5.30. The summed E-state index contributed by atoms with van der Waals surface area (Å²) in [5.41, 5.74) is 3.32. The molecule has 1 saturated carbocycles. The smallest absolute Gasteiger partial charge is 0.160 e. The molecule has 2 heterocycles. The van der Waals surface area contributed by atoms with Gasteiger partial charge in [-0.15, -0.1) is 0 Å². The number of rotatable bonds is 3. The van der Waals surface area contributed by atoms with Crippen LogP contribution in [0.25, 0.3) is 5.65 Å². The third-order valence-electron chi connectivity index (χ3n) is 3.93. The van der Waals surface area contributed by atoms with Crippen molar-refractivity contribution in [3.63, 3.8) is 0 Å². The Morgan fingerprint density at radius 2 is 2.17 bits per heavy atom. The molecule has 4 heteroatoms. The normalized spacial score (nSPS) is 16.6. The molecule has 18 heavy (non-hydrogen) atoms. The van der Waals surface area contributed by atoms with E-state index in [1.54, 1.807) is 0 Å². The molecule has 0 spiro atoms. The molecule has 96 valence electrons. The van der Waals surface area contributed by atoms with Crippen LogP contribution in [0.1, 0.15) is 36.9 Å². The predicted octanol–water partition coefficient (Wildman–Crippen LogP) is 2.81. The molecule has 1 fully saturated rings. The molecule has 0 unspecified atom stereocenters. The van der Waals surface area contributed by atoms with Crippen LogP contribution in [0.4, 0.5) is 5.82 Å². The van der Waals surface area contributed by atoms with Crippen LogP contribution in [-0.2, 0) is 6.42 Å². The van der Waals surface area contributed by atoms with Crippen molar-refractivity contribution in [1.29, 1.82) is 0 Å². The monoisotopic (exact) mass is 244 g/mol. The lowest BCUT2D eigenvalue weighted by molar-refractivity contribution is 0.539. The van der Waals surface area contributed by atoms with Gasteiger partial charge in [0.2, 0.25) is 0 Å². The van der Waals surface area contributed by atoms with Gasteiger partial charge in [-0.1, -0.05) is 25.7 Å². The van der Waals surface area contributed by atoms with Crippen molar-refractivity contribution in [3.05, 3.63) is 23.5 Å². The molecule has 1 aliphatic rings. The Morgan fingerprint density at radius 3 is 2.89 bits per heavy atom. The average molecular weight is 244 g/mol. The Kier molecular flexibility index (Phi) is 2.94. The number of hydrogen-bond acceptors (Lipinski definition) is 3. The van der Waals surface area contributed by atoms with Crippen molar-refractivity contribution >= 4 is 11.5 Å². The summed E-state index contributed by atoms with van der Waals surface area (Å²) in [5, 5.41) is 7.56. The number of anilines is 1. The Balaban J connectivity index is 1.98. The summed E-state index contributed by atoms with van der Waals surface area (Å²) >= 11 is 0. The molecule has 3 rings (SSSR count). The van der Waals surface area contributed by atoms with Gasteiger partial charge in [-0.3, -0.25) is 0 Å². The average Bonchev–Trinajstić information content (AvgIpc) is 3.00. The fourth-order valence-electron chi connectivity index (χ4n) is 2.92. The lowest BCUT2D eigenvalue weighted by Crippen LogP contribution is -2.07. The number of aryl methyl sites for hydroxylation is 1. The zero-order chi connectivity index (χ0) is 12.5. The van der Waals surface area contributed by atoms with Gasteiger partial charge in [0.25, 0.3) is 0 Å². The zero-order valence-electron chi connectivity index (χ0n) is 11.1. The van der Waals surface area contributed by atoms with Crippen LogP contribution >= 0.6 is 0 Å². The largest absolute Gasteiger partial charge is 0.373 e. The number of aromatic nitrogens is 3. The van der Waals surface area contributed by atoms with Crippen molar-refractivity contribution in [2.75, 3.05) is 12.4 Å². The minimum atomic E-state index is 0.827.